The Hall–Kier alpha value is -2.23. The van der Waals surface area contributed by atoms with E-state index in [9.17, 15) is 18.0 Å². The van der Waals surface area contributed by atoms with Gasteiger partial charge in [0.25, 0.3) is 0 Å². The fourth-order valence-electron chi connectivity index (χ4n) is 1.77. The number of carbonyl (C=O) groups is 1. The average Bonchev–Trinajstić information content (AvgIpc) is 2.25. The minimum atomic E-state index is -4.51. The largest absolute Gasteiger partial charge is 0.416 e. The Balaban J connectivity index is 3.09. The number of nitriles is 1. The van der Waals surface area contributed by atoms with Gasteiger partial charge < -0.3 is 11.1 Å². The van der Waals surface area contributed by atoms with E-state index in [2.05, 4.69) is 5.32 Å². The van der Waals surface area contributed by atoms with Gasteiger partial charge in [-0.25, -0.2) is 0 Å². The van der Waals surface area contributed by atoms with E-state index < -0.39 is 23.2 Å². The molecule has 0 aromatic heterocycles. The summed E-state index contributed by atoms with van der Waals surface area (Å²) in [6.07, 6.45) is -4.52. The van der Waals surface area contributed by atoms with Crippen molar-refractivity contribution in [1.29, 1.82) is 5.26 Å². The molecule has 1 rings (SSSR count). The molecule has 1 amide bonds. The molecule has 0 saturated carbocycles. The van der Waals surface area contributed by atoms with E-state index in [1.807, 2.05) is 0 Å². The number of halogens is 3. The molecule has 0 spiro atoms. The van der Waals surface area contributed by atoms with Crippen molar-refractivity contribution in [2.75, 3.05) is 5.32 Å². The third-order valence-corrected chi connectivity index (χ3v) is 2.56. The first-order chi connectivity index (χ1) is 9.05. The molecule has 0 fully saturated rings. The van der Waals surface area contributed by atoms with Crippen LogP contribution >= 0.6 is 0 Å². The highest BCUT2D eigenvalue weighted by Crippen LogP contribution is 2.32. The lowest BCUT2D eigenvalue weighted by Crippen LogP contribution is -2.36. The van der Waals surface area contributed by atoms with Gasteiger partial charge in [0.05, 0.1) is 16.8 Å². The number of nitrogens with one attached hydrogen (secondary N) is 1. The number of primary amides is 1. The molecule has 0 aliphatic carbocycles. The van der Waals surface area contributed by atoms with Gasteiger partial charge in [-0.2, -0.15) is 18.4 Å². The molecule has 7 heteroatoms. The maximum Gasteiger partial charge on any atom is 0.416 e. The van der Waals surface area contributed by atoms with Crippen molar-refractivity contribution in [3.05, 3.63) is 29.3 Å². The zero-order chi connectivity index (χ0) is 15.6. The van der Waals surface area contributed by atoms with Crippen LogP contribution in [0.25, 0.3) is 0 Å². The molecule has 1 aromatic carbocycles. The van der Waals surface area contributed by atoms with Gasteiger partial charge in [0.2, 0.25) is 5.91 Å². The summed E-state index contributed by atoms with van der Waals surface area (Å²) in [4.78, 5) is 10.9. The third kappa shape index (κ3) is 4.16. The standard InChI is InChI=1S/C13H14F3N3O/c1-12(2,6-11(18)20)19-10-4-3-9(13(14,15)16)5-8(10)7-17/h3-5,19H,6H2,1-2H3,(H2,18,20). The Kier molecular flexibility index (Phi) is 4.28. The van der Waals surface area contributed by atoms with Crippen molar-refractivity contribution in [1.82, 2.24) is 0 Å². The number of alkyl halides is 3. The molecule has 0 aliphatic rings. The summed E-state index contributed by atoms with van der Waals surface area (Å²) >= 11 is 0. The quantitative estimate of drug-likeness (QED) is 0.892. The lowest BCUT2D eigenvalue weighted by molar-refractivity contribution is -0.137. The van der Waals surface area contributed by atoms with Crippen LogP contribution in [0, 0.1) is 11.3 Å². The molecule has 4 nitrogen and oxygen atoms in total. The Bertz CT molecular complexity index is 559. The lowest BCUT2D eigenvalue weighted by atomic mass is 9.98. The zero-order valence-corrected chi connectivity index (χ0v) is 11.0. The summed E-state index contributed by atoms with van der Waals surface area (Å²) in [5.74, 6) is -0.548. The second-order valence-electron chi connectivity index (χ2n) is 5.02. The van der Waals surface area contributed by atoms with Gasteiger partial charge in [0.1, 0.15) is 6.07 Å². The first-order valence-electron chi connectivity index (χ1n) is 5.73. The molecule has 108 valence electrons. The molecular formula is C13H14F3N3O. The zero-order valence-electron chi connectivity index (χ0n) is 11.0. The summed E-state index contributed by atoms with van der Waals surface area (Å²) in [6, 6.07) is 4.52. The van der Waals surface area contributed by atoms with Crippen LogP contribution in [0.5, 0.6) is 0 Å². The number of nitrogens with zero attached hydrogens (tertiary/aromatic N) is 1. The van der Waals surface area contributed by atoms with E-state index in [-0.39, 0.29) is 17.7 Å². The van der Waals surface area contributed by atoms with Gasteiger partial charge >= 0.3 is 6.18 Å². The van der Waals surface area contributed by atoms with E-state index in [0.717, 1.165) is 12.1 Å². The molecule has 1 aromatic rings. The van der Waals surface area contributed by atoms with E-state index in [1.54, 1.807) is 19.9 Å². The summed E-state index contributed by atoms with van der Waals surface area (Å²) < 4.78 is 37.7. The number of hydrogen-bond acceptors (Lipinski definition) is 3. The number of hydrogen-bond donors (Lipinski definition) is 2. The second kappa shape index (κ2) is 5.41. The maximum absolute atomic E-state index is 12.6. The van der Waals surface area contributed by atoms with E-state index in [4.69, 9.17) is 11.0 Å². The van der Waals surface area contributed by atoms with Crippen LogP contribution < -0.4 is 11.1 Å². The Morgan fingerprint density at radius 3 is 2.45 bits per heavy atom. The smallest absolute Gasteiger partial charge is 0.379 e. The number of carbonyl (C=O) groups excluding carboxylic acids is 1. The predicted molar refractivity (Wildman–Crippen MR) is 67.7 cm³/mol. The topological polar surface area (TPSA) is 78.9 Å². The average molecular weight is 285 g/mol. The van der Waals surface area contributed by atoms with Crippen LogP contribution in [0.1, 0.15) is 31.4 Å². The van der Waals surface area contributed by atoms with Crippen molar-refractivity contribution in [2.45, 2.75) is 32.0 Å². The highest BCUT2D eigenvalue weighted by atomic mass is 19.4. The Morgan fingerprint density at radius 1 is 1.40 bits per heavy atom. The highest BCUT2D eigenvalue weighted by Gasteiger charge is 2.31. The summed E-state index contributed by atoms with van der Waals surface area (Å²) in [5, 5.41) is 11.8. The van der Waals surface area contributed by atoms with E-state index in [1.165, 1.54) is 6.07 Å². The molecular weight excluding hydrogens is 271 g/mol. The number of anilines is 1. The van der Waals surface area contributed by atoms with Crippen molar-refractivity contribution in [3.8, 4) is 6.07 Å². The molecule has 0 aliphatic heterocycles. The number of nitrogens with two attached hydrogens (primary N) is 1. The first-order valence-corrected chi connectivity index (χ1v) is 5.73. The van der Waals surface area contributed by atoms with Gasteiger partial charge in [-0.1, -0.05) is 0 Å². The summed E-state index contributed by atoms with van der Waals surface area (Å²) in [6.45, 7) is 3.33. The fourth-order valence-corrected chi connectivity index (χ4v) is 1.77. The molecule has 3 N–H and O–H groups in total. The van der Waals surface area contributed by atoms with Crippen LogP contribution in [0.2, 0.25) is 0 Å². The SMILES string of the molecule is CC(C)(CC(N)=O)Nc1ccc(C(F)(F)F)cc1C#N. The van der Waals surface area contributed by atoms with Gasteiger partial charge in [-0.05, 0) is 32.0 Å². The second-order valence-corrected chi connectivity index (χ2v) is 5.02. The number of amides is 1. The van der Waals surface area contributed by atoms with Gasteiger partial charge in [0, 0.05) is 12.0 Å². The molecule has 0 radical (unpaired) electrons. The predicted octanol–water partition coefficient (Wildman–Crippen LogP) is 2.64. The normalized spacial score (nSPS) is 11.8. The Labute approximate surface area is 114 Å². The van der Waals surface area contributed by atoms with Crippen LogP contribution in [0.3, 0.4) is 0 Å². The minimum absolute atomic E-state index is 0.0150. The summed E-state index contributed by atoms with van der Waals surface area (Å²) in [5.41, 5.74) is 3.52. The van der Waals surface area contributed by atoms with Crippen molar-refractivity contribution >= 4 is 11.6 Å². The maximum atomic E-state index is 12.6. The summed E-state index contributed by atoms with van der Waals surface area (Å²) in [7, 11) is 0. The molecule has 0 saturated heterocycles. The van der Waals surface area contributed by atoms with Gasteiger partial charge in [-0.3, -0.25) is 4.79 Å². The lowest BCUT2D eigenvalue weighted by Gasteiger charge is -2.27. The van der Waals surface area contributed by atoms with Gasteiger partial charge in [0.15, 0.2) is 0 Å². The molecule has 20 heavy (non-hydrogen) atoms. The molecule has 0 unspecified atom stereocenters. The molecule has 0 heterocycles. The number of benzene rings is 1. The monoisotopic (exact) mass is 285 g/mol. The third-order valence-electron chi connectivity index (χ3n) is 2.56. The Morgan fingerprint density at radius 2 is 2.00 bits per heavy atom. The van der Waals surface area contributed by atoms with Crippen LogP contribution in [0.15, 0.2) is 18.2 Å². The van der Waals surface area contributed by atoms with E-state index in [0.29, 0.717) is 0 Å². The van der Waals surface area contributed by atoms with Gasteiger partial charge in [-0.15, -0.1) is 0 Å². The first kappa shape index (κ1) is 15.8. The van der Waals surface area contributed by atoms with Crippen LogP contribution in [-0.4, -0.2) is 11.4 Å². The highest BCUT2D eigenvalue weighted by molar-refractivity contribution is 5.76. The minimum Gasteiger partial charge on any atom is -0.379 e. The molecule has 0 atom stereocenters. The fraction of sp³-hybridized carbons (Fsp3) is 0.385. The van der Waals surface area contributed by atoms with Crippen molar-refractivity contribution < 1.29 is 18.0 Å². The van der Waals surface area contributed by atoms with Crippen molar-refractivity contribution in [2.24, 2.45) is 5.73 Å². The van der Waals surface area contributed by atoms with Crippen LogP contribution in [0.4, 0.5) is 18.9 Å². The molecule has 0 bridgehead atoms. The van der Waals surface area contributed by atoms with Crippen LogP contribution in [-0.2, 0) is 11.0 Å². The van der Waals surface area contributed by atoms with E-state index >= 15 is 0 Å². The van der Waals surface area contributed by atoms with Crippen molar-refractivity contribution in [3.63, 3.8) is 0 Å². The number of rotatable bonds is 4.